The number of nitro groups is 1. The van der Waals surface area contributed by atoms with Gasteiger partial charge in [-0.2, -0.15) is 4.39 Å². The molecule has 1 fully saturated rings. The lowest BCUT2D eigenvalue weighted by Crippen LogP contribution is -2.47. The Kier molecular flexibility index (Phi) is 3.75. The molecule has 1 aliphatic rings. The highest BCUT2D eigenvalue weighted by Gasteiger charge is 2.22. The van der Waals surface area contributed by atoms with E-state index in [0.717, 1.165) is 25.2 Å². The fourth-order valence-corrected chi connectivity index (χ4v) is 1.98. The fraction of sp³-hybridized carbons (Fsp3) is 0.417. The number of hydrogen-bond donors (Lipinski definition) is 0. The highest BCUT2D eigenvalue weighted by Crippen LogP contribution is 2.19. The second-order valence-corrected chi connectivity index (χ2v) is 4.52. The van der Waals surface area contributed by atoms with Crippen LogP contribution >= 0.6 is 0 Å². The average molecular weight is 267 g/mol. The molecule has 0 atom stereocenters. The number of benzene rings is 1. The van der Waals surface area contributed by atoms with E-state index in [1.165, 1.54) is 6.07 Å². The van der Waals surface area contributed by atoms with Crippen molar-refractivity contribution in [3.63, 3.8) is 0 Å². The van der Waals surface area contributed by atoms with Gasteiger partial charge < -0.3 is 9.80 Å². The van der Waals surface area contributed by atoms with Gasteiger partial charge in [0.25, 0.3) is 5.91 Å². The smallest absolute Gasteiger partial charge is 0.304 e. The Balaban J connectivity index is 2.16. The quantitative estimate of drug-likeness (QED) is 0.595. The number of nitrogens with zero attached hydrogens (tertiary/aromatic N) is 3. The topological polar surface area (TPSA) is 66.7 Å². The van der Waals surface area contributed by atoms with Crippen LogP contribution in [0, 0.1) is 15.9 Å². The number of hydrogen-bond acceptors (Lipinski definition) is 4. The number of amides is 1. The molecule has 0 N–H and O–H groups in total. The van der Waals surface area contributed by atoms with E-state index in [9.17, 15) is 19.3 Å². The number of likely N-dealkylation sites (N-methyl/N-ethyl adjacent to an activating group) is 1. The van der Waals surface area contributed by atoms with Crippen LogP contribution < -0.4 is 0 Å². The van der Waals surface area contributed by atoms with Gasteiger partial charge in [0.2, 0.25) is 5.82 Å². The summed E-state index contributed by atoms with van der Waals surface area (Å²) in [4.78, 5) is 25.5. The van der Waals surface area contributed by atoms with E-state index < -0.39 is 16.4 Å². The van der Waals surface area contributed by atoms with Gasteiger partial charge in [0.1, 0.15) is 0 Å². The van der Waals surface area contributed by atoms with Crippen molar-refractivity contribution in [3.05, 3.63) is 39.7 Å². The SMILES string of the molecule is CN1CCN(C(=O)c2ccc([N+](=O)[O-])c(F)c2)CC1. The normalized spacial score (nSPS) is 16.4. The molecule has 1 heterocycles. The number of carbonyl (C=O) groups excluding carboxylic acids is 1. The molecular formula is C12H14FN3O3. The molecule has 1 aliphatic heterocycles. The number of piperazine rings is 1. The van der Waals surface area contributed by atoms with Crippen LogP contribution in [0.15, 0.2) is 18.2 Å². The lowest BCUT2D eigenvalue weighted by Gasteiger charge is -2.32. The Morgan fingerprint density at radius 1 is 1.32 bits per heavy atom. The Morgan fingerprint density at radius 2 is 1.95 bits per heavy atom. The van der Waals surface area contributed by atoms with Gasteiger partial charge in [-0.1, -0.05) is 0 Å². The minimum Gasteiger partial charge on any atom is -0.336 e. The van der Waals surface area contributed by atoms with Crippen LogP contribution in [-0.2, 0) is 0 Å². The van der Waals surface area contributed by atoms with Gasteiger partial charge in [0.05, 0.1) is 4.92 Å². The molecular weight excluding hydrogens is 253 g/mol. The molecule has 0 radical (unpaired) electrons. The first kappa shape index (κ1) is 13.4. The highest BCUT2D eigenvalue weighted by molar-refractivity contribution is 5.94. The third-order valence-corrected chi connectivity index (χ3v) is 3.18. The van der Waals surface area contributed by atoms with Crippen molar-refractivity contribution in [2.45, 2.75) is 0 Å². The van der Waals surface area contributed by atoms with E-state index in [1.54, 1.807) is 4.90 Å². The summed E-state index contributed by atoms with van der Waals surface area (Å²) in [6.07, 6.45) is 0. The molecule has 0 unspecified atom stereocenters. The molecule has 0 aromatic heterocycles. The van der Waals surface area contributed by atoms with E-state index in [0.29, 0.717) is 13.1 Å². The molecule has 102 valence electrons. The third-order valence-electron chi connectivity index (χ3n) is 3.18. The van der Waals surface area contributed by atoms with Crippen molar-refractivity contribution >= 4 is 11.6 Å². The molecule has 1 amide bonds. The van der Waals surface area contributed by atoms with E-state index in [4.69, 9.17) is 0 Å². The summed E-state index contributed by atoms with van der Waals surface area (Å²) in [5.74, 6) is -1.27. The molecule has 7 heteroatoms. The van der Waals surface area contributed by atoms with Crippen molar-refractivity contribution in [1.82, 2.24) is 9.80 Å². The van der Waals surface area contributed by atoms with Crippen LogP contribution in [-0.4, -0.2) is 53.9 Å². The molecule has 6 nitrogen and oxygen atoms in total. The zero-order valence-electron chi connectivity index (χ0n) is 10.5. The van der Waals surface area contributed by atoms with Gasteiger partial charge in [-0.15, -0.1) is 0 Å². The Bertz CT molecular complexity index is 513. The predicted octanol–water partition coefficient (Wildman–Crippen LogP) is 1.12. The first-order valence-electron chi connectivity index (χ1n) is 5.91. The Hall–Kier alpha value is -2.02. The minimum absolute atomic E-state index is 0.146. The number of carbonyl (C=O) groups is 1. The first-order chi connectivity index (χ1) is 8.99. The van der Waals surface area contributed by atoms with Crippen molar-refractivity contribution in [3.8, 4) is 0 Å². The summed E-state index contributed by atoms with van der Waals surface area (Å²) in [6, 6.07) is 3.25. The lowest BCUT2D eigenvalue weighted by atomic mass is 10.1. The second kappa shape index (κ2) is 5.31. The zero-order valence-corrected chi connectivity index (χ0v) is 10.5. The molecule has 1 aromatic rings. The van der Waals surface area contributed by atoms with Crippen LogP contribution in [0.5, 0.6) is 0 Å². The standard InChI is InChI=1S/C12H14FN3O3/c1-14-4-6-15(7-5-14)12(17)9-2-3-11(16(18)19)10(13)8-9/h2-3,8H,4-7H2,1H3. The Labute approximate surface area is 109 Å². The van der Waals surface area contributed by atoms with Gasteiger partial charge in [-0.3, -0.25) is 14.9 Å². The average Bonchev–Trinajstić information content (AvgIpc) is 2.38. The molecule has 0 bridgehead atoms. The molecule has 0 saturated carbocycles. The lowest BCUT2D eigenvalue weighted by molar-refractivity contribution is -0.387. The predicted molar refractivity (Wildman–Crippen MR) is 66.5 cm³/mol. The number of nitro benzene ring substituents is 1. The van der Waals surface area contributed by atoms with E-state index in [2.05, 4.69) is 4.90 Å². The second-order valence-electron chi connectivity index (χ2n) is 4.52. The van der Waals surface area contributed by atoms with E-state index in [-0.39, 0.29) is 11.5 Å². The highest BCUT2D eigenvalue weighted by atomic mass is 19.1. The third kappa shape index (κ3) is 2.87. The summed E-state index contributed by atoms with van der Waals surface area (Å²) >= 11 is 0. The van der Waals surface area contributed by atoms with Gasteiger partial charge in [-0.25, -0.2) is 0 Å². The molecule has 1 aromatic carbocycles. The molecule has 19 heavy (non-hydrogen) atoms. The van der Waals surface area contributed by atoms with Crippen LogP contribution in [0.2, 0.25) is 0 Å². The van der Waals surface area contributed by atoms with Crippen LogP contribution in [0.25, 0.3) is 0 Å². The van der Waals surface area contributed by atoms with Gasteiger partial charge >= 0.3 is 5.69 Å². The summed E-state index contributed by atoms with van der Waals surface area (Å²) < 4.78 is 13.5. The van der Waals surface area contributed by atoms with Gasteiger partial charge in [0, 0.05) is 37.8 Å². The molecule has 0 spiro atoms. The van der Waals surface area contributed by atoms with E-state index in [1.807, 2.05) is 7.05 Å². The van der Waals surface area contributed by atoms with Crippen molar-refractivity contribution in [1.29, 1.82) is 0 Å². The zero-order chi connectivity index (χ0) is 14.0. The molecule has 2 rings (SSSR count). The maximum Gasteiger partial charge on any atom is 0.304 e. The summed E-state index contributed by atoms with van der Waals surface area (Å²) in [5, 5.41) is 10.5. The molecule has 0 aliphatic carbocycles. The Morgan fingerprint density at radius 3 is 2.47 bits per heavy atom. The monoisotopic (exact) mass is 267 g/mol. The largest absolute Gasteiger partial charge is 0.336 e. The van der Waals surface area contributed by atoms with Crippen molar-refractivity contribution < 1.29 is 14.1 Å². The maximum atomic E-state index is 13.5. The fourth-order valence-electron chi connectivity index (χ4n) is 1.98. The minimum atomic E-state index is -0.982. The summed E-state index contributed by atoms with van der Waals surface area (Å²) in [7, 11) is 1.97. The maximum absolute atomic E-state index is 13.5. The number of rotatable bonds is 2. The van der Waals surface area contributed by atoms with Crippen LogP contribution in [0.1, 0.15) is 10.4 Å². The molecule has 1 saturated heterocycles. The van der Waals surface area contributed by atoms with Crippen molar-refractivity contribution in [2.24, 2.45) is 0 Å². The summed E-state index contributed by atoms with van der Waals surface area (Å²) in [5.41, 5.74) is -0.470. The van der Waals surface area contributed by atoms with Crippen LogP contribution in [0.3, 0.4) is 0 Å². The summed E-state index contributed by atoms with van der Waals surface area (Å²) in [6.45, 7) is 2.68. The number of halogens is 1. The van der Waals surface area contributed by atoms with E-state index >= 15 is 0 Å². The van der Waals surface area contributed by atoms with Crippen molar-refractivity contribution in [2.75, 3.05) is 33.2 Å². The van der Waals surface area contributed by atoms with Gasteiger partial charge in [-0.05, 0) is 19.2 Å². The van der Waals surface area contributed by atoms with Crippen LogP contribution in [0.4, 0.5) is 10.1 Å². The van der Waals surface area contributed by atoms with Gasteiger partial charge in [0.15, 0.2) is 0 Å². The first-order valence-corrected chi connectivity index (χ1v) is 5.91.